The molecule has 1 saturated carbocycles. The maximum absolute atomic E-state index is 2.26. The van der Waals surface area contributed by atoms with E-state index in [0.717, 1.165) is 0 Å². The van der Waals surface area contributed by atoms with E-state index in [4.69, 9.17) is 0 Å². The van der Waals surface area contributed by atoms with Crippen LogP contribution in [0.1, 0.15) is 138 Å². The molecule has 0 heterocycles. The van der Waals surface area contributed by atoms with Crippen LogP contribution in [0.2, 0.25) is 0 Å². The zero-order valence-electron chi connectivity index (χ0n) is 16.6. The van der Waals surface area contributed by atoms with Gasteiger partial charge in [0.1, 0.15) is 0 Å². The van der Waals surface area contributed by atoms with Crippen LogP contribution in [0.15, 0.2) is 0 Å². The second-order valence-electron chi connectivity index (χ2n) is 6.24. The Bertz CT molecular complexity index is 99.2. The van der Waals surface area contributed by atoms with Gasteiger partial charge in [-0.25, -0.2) is 0 Å². The van der Waals surface area contributed by atoms with Crippen LogP contribution in [-0.2, 0) is 0 Å². The number of hydrogen-bond acceptors (Lipinski definition) is 0. The third kappa shape index (κ3) is 45.0. The predicted molar refractivity (Wildman–Crippen MR) is 103 cm³/mol. The fourth-order valence-corrected chi connectivity index (χ4v) is 1.60. The van der Waals surface area contributed by atoms with E-state index in [-0.39, 0.29) is 0 Å². The maximum atomic E-state index is 2.26. The molecule has 0 atom stereocenters. The number of unbranched alkanes of at least 4 members (excludes halogenated alkanes) is 8. The van der Waals surface area contributed by atoms with Crippen molar-refractivity contribution in [1.82, 2.24) is 0 Å². The van der Waals surface area contributed by atoms with Gasteiger partial charge in [-0.15, -0.1) is 0 Å². The molecule has 0 aliphatic heterocycles. The zero-order valence-corrected chi connectivity index (χ0v) is 16.6. The Hall–Kier alpha value is 0. The molecule has 0 N–H and O–H groups in total. The van der Waals surface area contributed by atoms with Gasteiger partial charge in [-0.3, -0.25) is 0 Å². The summed E-state index contributed by atoms with van der Waals surface area (Å²) >= 11 is 0. The van der Waals surface area contributed by atoms with Crippen molar-refractivity contribution in [3.8, 4) is 0 Å². The average molecular weight is 301 g/mol. The van der Waals surface area contributed by atoms with E-state index in [1.165, 1.54) is 96.3 Å². The van der Waals surface area contributed by atoms with Gasteiger partial charge in [-0.1, -0.05) is 138 Å². The molecule has 0 aromatic rings. The Kier molecular flexibility index (Phi) is 39.6. The van der Waals surface area contributed by atoms with Crippen LogP contribution in [0, 0.1) is 0 Å². The van der Waals surface area contributed by atoms with Crippen molar-refractivity contribution in [3.05, 3.63) is 0 Å². The normalized spacial score (nSPS) is 11.7. The molecule has 0 spiro atoms. The van der Waals surface area contributed by atoms with Gasteiger partial charge in [0.2, 0.25) is 0 Å². The van der Waals surface area contributed by atoms with Crippen molar-refractivity contribution in [2.45, 2.75) is 138 Å². The Morgan fingerprint density at radius 3 is 0.714 bits per heavy atom. The Morgan fingerprint density at radius 2 is 0.571 bits per heavy atom. The first-order chi connectivity index (χ1) is 10.2. The molecule has 1 rings (SSSR count). The van der Waals surface area contributed by atoms with Crippen LogP contribution in [-0.4, -0.2) is 0 Å². The quantitative estimate of drug-likeness (QED) is 0.392. The van der Waals surface area contributed by atoms with Crippen molar-refractivity contribution in [1.29, 1.82) is 0 Å². The number of rotatable bonds is 8. The molecular formula is C21H48. The van der Waals surface area contributed by atoms with Crippen molar-refractivity contribution in [2.75, 3.05) is 0 Å². The fourth-order valence-electron chi connectivity index (χ4n) is 1.60. The predicted octanol–water partition coefficient (Wildman–Crippen LogP) is 8.93. The Morgan fingerprint density at radius 1 is 0.381 bits per heavy atom. The van der Waals surface area contributed by atoms with Gasteiger partial charge < -0.3 is 0 Å². The first-order valence-corrected chi connectivity index (χ1v) is 10.2. The minimum Gasteiger partial charge on any atom is -0.0656 e. The third-order valence-corrected chi connectivity index (χ3v) is 3.41. The lowest BCUT2D eigenvalue weighted by Gasteiger charge is -2.05. The summed E-state index contributed by atoms with van der Waals surface area (Å²) in [5, 5.41) is 0. The second-order valence-corrected chi connectivity index (χ2v) is 6.24. The van der Waals surface area contributed by atoms with Gasteiger partial charge in [0.05, 0.1) is 0 Å². The van der Waals surface area contributed by atoms with Gasteiger partial charge in [0.15, 0.2) is 0 Å². The lowest BCUT2D eigenvalue weighted by molar-refractivity contribution is 0.504. The summed E-state index contributed by atoms with van der Waals surface area (Å²) in [5.74, 6) is 0. The highest BCUT2D eigenvalue weighted by Gasteiger charge is 1.95. The van der Waals surface area contributed by atoms with E-state index in [9.17, 15) is 0 Å². The van der Waals surface area contributed by atoms with Crippen molar-refractivity contribution >= 4 is 0 Å². The van der Waals surface area contributed by atoms with Crippen LogP contribution < -0.4 is 0 Å². The van der Waals surface area contributed by atoms with Crippen LogP contribution in [0.25, 0.3) is 0 Å². The highest BCUT2D eigenvalue weighted by atomic mass is 14.0. The molecule has 1 aliphatic rings. The summed E-state index contributed by atoms with van der Waals surface area (Å²) < 4.78 is 0. The number of hydrogen-bond donors (Lipinski definition) is 0. The summed E-state index contributed by atoms with van der Waals surface area (Å²) in [6.07, 6.45) is 21.3. The lowest BCUT2D eigenvalue weighted by atomic mass is 10.0. The van der Waals surface area contributed by atoms with E-state index < -0.39 is 0 Å². The Balaban J connectivity index is -0.000000219. The summed E-state index contributed by atoms with van der Waals surface area (Å²) in [6.45, 7) is 13.2. The van der Waals surface area contributed by atoms with Crippen molar-refractivity contribution in [3.63, 3.8) is 0 Å². The van der Waals surface area contributed by atoms with Gasteiger partial charge in [0, 0.05) is 0 Å². The molecule has 0 amide bonds. The standard InChI is InChI=1S/C8H18.C6H14.C4H8.C3H8/c1-3-5-7-8-6-4-2;1-3-5-6-4-2;1-2-4-3-1;1-3-2/h3-8H2,1-2H3;3-6H2,1-2H3;1-4H2;3H2,1-2H3. The molecule has 0 unspecified atom stereocenters. The van der Waals surface area contributed by atoms with E-state index in [1.807, 2.05) is 0 Å². The summed E-state index contributed by atoms with van der Waals surface area (Å²) in [7, 11) is 0. The van der Waals surface area contributed by atoms with E-state index >= 15 is 0 Å². The molecule has 1 aliphatic carbocycles. The maximum Gasteiger partial charge on any atom is -0.0533 e. The first-order valence-electron chi connectivity index (χ1n) is 10.2. The van der Waals surface area contributed by atoms with Crippen molar-refractivity contribution in [2.24, 2.45) is 0 Å². The van der Waals surface area contributed by atoms with Gasteiger partial charge >= 0.3 is 0 Å². The first kappa shape index (κ1) is 25.9. The minimum absolute atomic E-state index is 1.25. The highest BCUT2D eigenvalue weighted by Crippen LogP contribution is 2.15. The lowest BCUT2D eigenvalue weighted by Crippen LogP contribution is -1.85. The van der Waals surface area contributed by atoms with Crippen LogP contribution in [0.4, 0.5) is 0 Å². The third-order valence-electron chi connectivity index (χ3n) is 3.41. The Labute approximate surface area is 138 Å². The van der Waals surface area contributed by atoms with Gasteiger partial charge in [0.25, 0.3) is 0 Å². The molecule has 0 bridgehead atoms. The minimum atomic E-state index is 1.25. The monoisotopic (exact) mass is 300 g/mol. The highest BCUT2D eigenvalue weighted by molar-refractivity contribution is 4.50. The van der Waals surface area contributed by atoms with E-state index in [0.29, 0.717) is 0 Å². The molecule has 0 radical (unpaired) electrons. The van der Waals surface area contributed by atoms with E-state index in [1.54, 1.807) is 0 Å². The summed E-state index contributed by atoms with van der Waals surface area (Å²) in [4.78, 5) is 0. The topological polar surface area (TPSA) is 0 Å². The molecule has 132 valence electrons. The van der Waals surface area contributed by atoms with E-state index in [2.05, 4.69) is 41.5 Å². The summed E-state index contributed by atoms with van der Waals surface area (Å²) in [5.41, 5.74) is 0. The van der Waals surface area contributed by atoms with Crippen LogP contribution in [0.5, 0.6) is 0 Å². The molecular weight excluding hydrogens is 252 g/mol. The van der Waals surface area contributed by atoms with Gasteiger partial charge in [-0.05, 0) is 0 Å². The van der Waals surface area contributed by atoms with Crippen LogP contribution >= 0.6 is 0 Å². The second kappa shape index (κ2) is 32.1. The zero-order chi connectivity index (χ0) is 16.6. The van der Waals surface area contributed by atoms with Crippen molar-refractivity contribution < 1.29 is 0 Å². The molecule has 1 fully saturated rings. The molecule has 21 heavy (non-hydrogen) atoms. The molecule has 0 aromatic heterocycles. The fraction of sp³-hybridized carbons (Fsp3) is 1.00. The molecule has 0 nitrogen and oxygen atoms in total. The summed E-state index contributed by atoms with van der Waals surface area (Å²) in [6, 6.07) is 0. The smallest absolute Gasteiger partial charge is 0.0533 e. The molecule has 0 saturated heterocycles. The van der Waals surface area contributed by atoms with Gasteiger partial charge in [-0.2, -0.15) is 0 Å². The SMILES string of the molecule is C1CCC1.CCC.CCCCCC.CCCCCCCC. The average Bonchev–Trinajstić information content (AvgIpc) is 2.41. The largest absolute Gasteiger partial charge is 0.0656 e. The molecule has 0 aromatic carbocycles. The molecule has 0 heteroatoms. The van der Waals surface area contributed by atoms with Crippen LogP contribution in [0.3, 0.4) is 0 Å².